The molecule has 8 amide bonds. The molecular weight excluding hydrogens is 1170 g/mol. The van der Waals surface area contributed by atoms with Crippen LogP contribution in [0.3, 0.4) is 0 Å². The predicted molar refractivity (Wildman–Crippen MR) is 315 cm³/mol. The van der Waals surface area contributed by atoms with Crippen LogP contribution in [-0.2, 0) is 76.8 Å². The standard InChI is InChI=1S/C58H78N12O19/c71-46(18-16-41(56(85)86)65-58(89)66-42(57(87)88)17-19-49(74)75)62-43(30-38-10-4-1-5-11-38)53(82)60-21-20-59-47(72)33-61-54(83)44(31-39-12-6-2-7-13-39)64-55(84)45(32-40-14-8-3-9-15-40)63-48(73)34-67-22-24-68(35-50(76)77)26-28-70(37-52(80)81)29-27-69(25-23-67)36-51(78)79/h1-15,41-45H,16-37H2,(H,59,72)(H,60,82)(H,61,83)(H,62,71)(H,63,73)(H,64,84)(H,74,75)(H,76,77)(H,78,79)(H,80,81)(H,85,86)(H,87,88)(H2,65,66,89)/t41-,42-,43-,44-,45-/m0/s1. The minimum absolute atomic E-state index is 0.0292. The summed E-state index contributed by atoms with van der Waals surface area (Å²) in [5, 5.41) is 76.6. The lowest BCUT2D eigenvalue weighted by atomic mass is 10.0. The van der Waals surface area contributed by atoms with Gasteiger partial charge < -0.3 is 73.2 Å². The van der Waals surface area contributed by atoms with Gasteiger partial charge in [-0.2, -0.15) is 0 Å². The van der Waals surface area contributed by atoms with Crippen molar-refractivity contribution in [1.29, 1.82) is 0 Å². The number of carboxylic acids is 6. The number of nitrogens with one attached hydrogen (secondary N) is 8. The molecule has 14 N–H and O–H groups in total. The van der Waals surface area contributed by atoms with Crippen molar-refractivity contribution in [2.24, 2.45) is 0 Å². The molecule has 1 aliphatic rings. The fourth-order valence-electron chi connectivity index (χ4n) is 9.22. The van der Waals surface area contributed by atoms with E-state index in [1.54, 1.807) is 111 Å². The van der Waals surface area contributed by atoms with Crippen molar-refractivity contribution in [3.05, 3.63) is 108 Å². The van der Waals surface area contributed by atoms with Crippen LogP contribution in [0, 0.1) is 0 Å². The molecule has 0 unspecified atom stereocenters. The monoisotopic (exact) mass is 1250 g/mol. The van der Waals surface area contributed by atoms with Crippen LogP contribution in [0.2, 0.25) is 0 Å². The number of carboxylic acid groups (broad SMARTS) is 6. The number of aliphatic carboxylic acids is 6. The van der Waals surface area contributed by atoms with E-state index >= 15 is 0 Å². The van der Waals surface area contributed by atoms with Gasteiger partial charge in [0.25, 0.3) is 0 Å². The second kappa shape index (κ2) is 38.5. The van der Waals surface area contributed by atoms with Crippen LogP contribution in [0.15, 0.2) is 91.0 Å². The average Bonchev–Trinajstić information content (AvgIpc) is 3.47. The first-order chi connectivity index (χ1) is 42.4. The Labute approximate surface area is 511 Å². The van der Waals surface area contributed by atoms with Crippen LogP contribution in [0.1, 0.15) is 42.4 Å². The molecule has 1 saturated heterocycles. The van der Waals surface area contributed by atoms with Crippen molar-refractivity contribution < 1.29 is 93.0 Å². The van der Waals surface area contributed by atoms with Crippen LogP contribution < -0.4 is 42.5 Å². The number of amides is 8. The summed E-state index contributed by atoms with van der Waals surface area (Å²) in [6.45, 7) is -1.19. The molecule has 0 radical (unpaired) electrons. The number of nitrogens with zero attached hydrogens (tertiary/aromatic N) is 4. The van der Waals surface area contributed by atoms with E-state index in [-0.39, 0.29) is 111 Å². The van der Waals surface area contributed by atoms with E-state index in [0.717, 1.165) is 0 Å². The molecule has 0 saturated carbocycles. The van der Waals surface area contributed by atoms with Crippen LogP contribution in [0.5, 0.6) is 0 Å². The van der Waals surface area contributed by atoms with Crippen molar-refractivity contribution in [2.45, 2.75) is 75.2 Å². The fraction of sp³-hybridized carbons (Fsp3) is 0.466. The highest BCUT2D eigenvalue weighted by Crippen LogP contribution is 2.10. The number of urea groups is 1. The normalized spacial score (nSPS) is 15.2. The Balaban J connectivity index is 1.39. The van der Waals surface area contributed by atoms with E-state index in [9.17, 15) is 87.9 Å². The maximum atomic E-state index is 14.4. The summed E-state index contributed by atoms with van der Waals surface area (Å²) in [6, 6.07) is 17.5. The Morgan fingerprint density at radius 2 is 0.697 bits per heavy atom. The van der Waals surface area contributed by atoms with E-state index in [1.807, 2.05) is 10.6 Å². The van der Waals surface area contributed by atoms with Crippen LogP contribution >= 0.6 is 0 Å². The second-order valence-corrected chi connectivity index (χ2v) is 20.9. The van der Waals surface area contributed by atoms with Gasteiger partial charge in [0.15, 0.2) is 0 Å². The largest absolute Gasteiger partial charge is 0.481 e. The minimum Gasteiger partial charge on any atom is -0.481 e. The minimum atomic E-state index is -1.70. The van der Waals surface area contributed by atoms with Crippen LogP contribution in [-0.4, -0.2) is 256 Å². The molecule has 5 atom stereocenters. The molecule has 1 fully saturated rings. The third-order valence-corrected chi connectivity index (χ3v) is 13.8. The summed E-state index contributed by atoms with van der Waals surface area (Å²) >= 11 is 0. The molecule has 1 aliphatic heterocycles. The lowest BCUT2D eigenvalue weighted by molar-refractivity contribution is -0.141. The van der Waals surface area contributed by atoms with Gasteiger partial charge in [0.1, 0.15) is 30.2 Å². The molecule has 484 valence electrons. The van der Waals surface area contributed by atoms with Crippen LogP contribution in [0.4, 0.5) is 4.79 Å². The van der Waals surface area contributed by atoms with Crippen molar-refractivity contribution in [3.8, 4) is 0 Å². The van der Waals surface area contributed by atoms with E-state index in [2.05, 4.69) is 31.9 Å². The van der Waals surface area contributed by atoms with Gasteiger partial charge in [-0.1, -0.05) is 91.0 Å². The molecule has 31 heteroatoms. The van der Waals surface area contributed by atoms with Crippen molar-refractivity contribution in [3.63, 3.8) is 0 Å². The first-order valence-electron chi connectivity index (χ1n) is 28.5. The molecule has 0 aliphatic carbocycles. The first kappa shape index (κ1) is 71.9. The summed E-state index contributed by atoms with van der Waals surface area (Å²) in [7, 11) is 0. The lowest BCUT2D eigenvalue weighted by Crippen LogP contribution is -2.57. The molecule has 89 heavy (non-hydrogen) atoms. The summed E-state index contributed by atoms with van der Waals surface area (Å²) in [6.07, 6.45) is -2.24. The molecule has 0 bridgehead atoms. The van der Waals surface area contributed by atoms with Gasteiger partial charge in [0.05, 0.1) is 32.7 Å². The summed E-state index contributed by atoms with van der Waals surface area (Å²) < 4.78 is 0. The van der Waals surface area contributed by atoms with Crippen molar-refractivity contribution in [1.82, 2.24) is 62.1 Å². The zero-order valence-corrected chi connectivity index (χ0v) is 48.9. The van der Waals surface area contributed by atoms with E-state index in [4.69, 9.17) is 5.11 Å². The molecule has 0 aromatic heterocycles. The van der Waals surface area contributed by atoms with Gasteiger partial charge >= 0.3 is 41.8 Å². The van der Waals surface area contributed by atoms with Crippen molar-refractivity contribution in [2.75, 3.05) is 98.2 Å². The molecule has 0 spiro atoms. The Bertz CT molecular complexity index is 2840. The van der Waals surface area contributed by atoms with Gasteiger partial charge in [-0.25, -0.2) is 14.4 Å². The summed E-state index contributed by atoms with van der Waals surface area (Å²) in [5.41, 5.74) is 1.90. The third-order valence-electron chi connectivity index (χ3n) is 13.8. The van der Waals surface area contributed by atoms with E-state index in [0.29, 0.717) is 16.7 Å². The molecule has 3 aromatic carbocycles. The third kappa shape index (κ3) is 29.6. The number of benzene rings is 3. The van der Waals surface area contributed by atoms with Crippen molar-refractivity contribution >= 4 is 77.3 Å². The molecule has 31 nitrogen and oxygen atoms in total. The topological polar surface area (TPSA) is 452 Å². The Morgan fingerprint density at radius 3 is 1.09 bits per heavy atom. The van der Waals surface area contributed by atoms with Crippen LogP contribution in [0.25, 0.3) is 0 Å². The highest BCUT2D eigenvalue weighted by Gasteiger charge is 2.31. The van der Waals surface area contributed by atoms with Gasteiger partial charge in [0.2, 0.25) is 35.4 Å². The maximum Gasteiger partial charge on any atom is 0.326 e. The smallest absolute Gasteiger partial charge is 0.326 e. The van der Waals surface area contributed by atoms with Gasteiger partial charge in [-0.15, -0.1) is 0 Å². The number of hydrogen-bond acceptors (Lipinski definition) is 17. The van der Waals surface area contributed by atoms with E-state index in [1.165, 1.54) is 0 Å². The number of carbonyl (C=O) groups is 13. The molecule has 4 rings (SSSR count). The first-order valence-corrected chi connectivity index (χ1v) is 28.5. The van der Waals surface area contributed by atoms with Gasteiger partial charge in [-0.05, 0) is 29.5 Å². The number of hydrogen-bond donors (Lipinski definition) is 14. The Kier molecular flexibility index (Phi) is 31.1. The second-order valence-electron chi connectivity index (χ2n) is 20.9. The lowest BCUT2D eigenvalue weighted by Gasteiger charge is -2.33. The van der Waals surface area contributed by atoms with Gasteiger partial charge in [0, 0.05) is 97.6 Å². The highest BCUT2D eigenvalue weighted by atomic mass is 16.4. The zero-order chi connectivity index (χ0) is 65.3. The predicted octanol–water partition coefficient (Wildman–Crippen LogP) is -3.16. The molecular formula is C58H78N12O19. The number of rotatable bonds is 35. The highest BCUT2D eigenvalue weighted by molar-refractivity contribution is 5.94. The summed E-state index contributed by atoms with van der Waals surface area (Å²) in [4.78, 5) is 171. The van der Waals surface area contributed by atoms with E-state index < -0.39 is 140 Å². The Morgan fingerprint density at radius 1 is 0.348 bits per heavy atom. The molecule has 1 heterocycles. The maximum absolute atomic E-state index is 14.4. The Hall–Kier alpha value is -9.59. The average molecular weight is 1250 g/mol. The SMILES string of the molecule is O=C(O)CC[C@H](NC(=O)N[C@@H](CCC(=O)N[C@@H](Cc1ccccc1)C(=O)NCCNC(=O)CNC(=O)[C@H](Cc1ccccc1)NC(=O)[C@H](Cc1ccccc1)NC(=O)CN1CCN(CC(=O)O)CCN(CC(=O)O)CCN(CC(=O)O)CC1)C(=O)O)C(=O)O. The summed E-state index contributed by atoms with van der Waals surface area (Å²) in [5.74, 6) is -12.2. The zero-order valence-electron chi connectivity index (χ0n) is 48.9. The molecule has 3 aromatic rings. The quantitative estimate of drug-likeness (QED) is 0.0259. The number of carbonyl (C=O) groups excluding carboxylic acids is 7. The fourth-order valence-corrected chi connectivity index (χ4v) is 9.22. The van der Waals surface area contributed by atoms with Gasteiger partial charge in [-0.3, -0.25) is 67.5 Å².